The average Bonchev–Trinajstić information content (AvgIpc) is 2.08. The Morgan fingerprint density at radius 3 is 2.17 bits per heavy atom. The topological polar surface area (TPSA) is 90.2 Å². The van der Waals surface area contributed by atoms with Crippen molar-refractivity contribution >= 4 is 0 Å². The van der Waals surface area contributed by atoms with Crippen LogP contribution in [0.15, 0.2) is 0 Å². The average molecular weight is 178 g/mol. The fourth-order valence-corrected chi connectivity index (χ4v) is 1.29. The minimum absolute atomic E-state index is 0.366. The number of hydrogen-bond donors (Lipinski definition) is 4. The molecule has 0 aromatic heterocycles. The van der Waals surface area contributed by atoms with Gasteiger partial charge in [0.1, 0.15) is 24.4 Å². The van der Waals surface area contributed by atoms with E-state index in [1.165, 1.54) is 0 Å². The van der Waals surface area contributed by atoms with Gasteiger partial charge in [0.2, 0.25) is 0 Å². The molecular formula is C7H14O5. The van der Waals surface area contributed by atoms with E-state index in [4.69, 9.17) is 9.84 Å². The zero-order chi connectivity index (χ0) is 9.30. The summed E-state index contributed by atoms with van der Waals surface area (Å²) in [4.78, 5) is 0. The van der Waals surface area contributed by atoms with Crippen LogP contribution in [0, 0.1) is 0 Å². The highest BCUT2D eigenvalue weighted by Gasteiger charge is 2.41. The smallest absolute Gasteiger partial charge is 0.111 e. The van der Waals surface area contributed by atoms with E-state index >= 15 is 0 Å². The van der Waals surface area contributed by atoms with Gasteiger partial charge in [-0.15, -0.1) is 0 Å². The summed E-state index contributed by atoms with van der Waals surface area (Å²) in [5, 5.41) is 36.4. The van der Waals surface area contributed by atoms with Crippen molar-refractivity contribution < 1.29 is 25.2 Å². The van der Waals surface area contributed by atoms with Crippen LogP contribution in [-0.2, 0) is 4.74 Å². The molecule has 1 fully saturated rings. The number of hydrogen-bond acceptors (Lipinski definition) is 5. The van der Waals surface area contributed by atoms with E-state index in [-0.39, 0.29) is 6.61 Å². The lowest BCUT2D eigenvalue weighted by molar-refractivity contribution is -0.224. The van der Waals surface area contributed by atoms with Gasteiger partial charge in [-0.2, -0.15) is 0 Å². The first-order chi connectivity index (χ1) is 5.57. The summed E-state index contributed by atoms with van der Waals surface area (Å²) < 4.78 is 5.02. The van der Waals surface area contributed by atoms with Crippen molar-refractivity contribution in [1.29, 1.82) is 0 Å². The predicted molar refractivity (Wildman–Crippen MR) is 39.4 cm³/mol. The van der Waals surface area contributed by atoms with Gasteiger partial charge in [-0.25, -0.2) is 0 Å². The third-order valence-corrected chi connectivity index (χ3v) is 2.13. The van der Waals surface area contributed by atoms with Gasteiger partial charge < -0.3 is 25.2 Å². The molecule has 1 saturated heterocycles. The van der Waals surface area contributed by atoms with Gasteiger partial charge in [-0.3, -0.25) is 0 Å². The molecule has 0 aromatic rings. The zero-order valence-electron chi connectivity index (χ0n) is 6.79. The molecule has 1 aliphatic rings. The fourth-order valence-electron chi connectivity index (χ4n) is 1.29. The molecule has 72 valence electrons. The van der Waals surface area contributed by atoms with E-state index in [1.54, 1.807) is 6.92 Å². The first-order valence-corrected chi connectivity index (χ1v) is 3.88. The molecule has 5 heteroatoms. The van der Waals surface area contributed by atoms with Crippen LogP contribution in [0.4, 0.5) is 0 Å². The second-order valence-corrected chi connectivity index (χ2v) is 3.03. The third-order valence-electron chi connectivity index (χ3n) is 2.13. The lowest BCUT2D eigenvalue weighted by atomic mass is 9.96. The number of rotatable bonds is 1. The Balaban J connectivity index is 2.63. The van der Waals surface area contributed by atoms with Crippen LogP contribution in [0.3, 0.4) is 0 Å². The molecule has 0 saturated carbocycles. The predicted octanol–water partition coefficient (Wildman–Crippen LogP) is -2.15. The summed E-state index contributed by atoms with van der Waals surface area (Å²) in [6.45, 7) is 1.21. The van der Waals surface area contributed by atoms with E-state index in [2.05, 4.69) is 0 Å². The van der Waals surface area contributed by atoms with Crippen LogP contribution in [0.2, 0.25) is 0 Å². The van der Waals surface area contributed by atoms with Crippen molar-refractivity contribution in [2.24, 2.45) is 0 Å². The van der Waals surface area contributed by atoms with Crippen LogP contribution in [0.5, 0.6) is 0 Å². The van der Waals surface area contributed by atoms with Gasteiger partial charge in [-0.05, 0) is 6.92 Å². The van der Waals surface area contributed by atoms with Crippen LogP contribution >= 0.6 is 0 Å². The molecule has 0 amide bonds. The first-order valence-electron chi connectivity index (χ1n) is 3.88. The van der Waals surface area contributed by atoms with Gasteiger partial charge in [0.05, 0.1) is 12.7 Å². The maximum atomic E-state index is 9.23. The molecule has 0 unspecified atom stereocenters. The molecule has 5 nitrogen and oxygen atoms in total. The van der Waals surface area contributed by atoms with Crippen LogP contribution in [0.1, 0.15) is 6.92 Å². The highest BCUT2D eigenvalue weighted by molar-refractivity contribution is 4.89. The monoisotopic (exact) mass is 178 g/mol. The number of aliphatic hydroxyl groups is 4. The minimum Gasteiger partial charge on any atom is -0.394 e. The Morgan fingerprint density at radius 1 is 1.08 bits per heavy atom. The Labute approximate surface area is 70.2 Å². The summed E-state index contributed by atoms with van der Waals surface area (Å²) in [7, 11) is 0. The molecule has 4 N–H and O–H groups in total. The fraction of sp³-hybridized carbons (Fsp3) is 1.00. The second-order valence-electron chi connectivity index (χ2n) is 3.03. The Kier molecular flexibility index (Phi) is 3.03. The molecule has 0 bridgehead atoms. The minimum atomic E-state index is -1.24. The largest absolute Gasteiger partial charge is 0.394 e. The summed E-state index contributed by atoms with van der Waals surface area (Å²) in [5.74, 6) is 0. The van der Waals surface area contributed by atoms with E-state index in [9.17, 15) is 15.3 Å². The molecule has 1 heterocycles. The Bertz CT molecular complexity index is 146. The SMILES string of the molecule is C[C@H]1O[C@H](CO)[C@@H](O)[C@@H](O)[C@H]1O. The van der Waals surface area contributed by atoms with Crippen molar-refractivity contribution in [3.63, 3.8) is 0 Å². The van der Waals surface area contributed by atoms with Gasteiger partial charge in [-0.1, -0.05) is 0 Å². The lowest BCUT2D eigenvalue weighted by Gasteiger charge is -2.38. The zero-order valence-corrected chi connectivity index (χ0v) is 6.79. The van der Waals surface area contributed by atoms with Gasteiger partial charge in [0.25, 0.3) is 0 Å². The molecule has 1 aliphatic heterocycles. The Morgan fingerprint density at radius 2 is 1.67 bits per heavy atom. The normalized spacial score (nSPS) is 49.2. The summed E-state index contributed by atoms with van der Waals surface area (Å²) in [6, 6.07) is 0. The molecule has 12 heavy (non-hydrogen) atoms. The summed E-state index contributed by atoms with van der Waals surface area (Å²) in [6.07, 6.45) is -4.94. The quantitative estimate of drug-likeness (QED) is 0.367. The van der Waals surface area contributed by atoms with Crippen molar-refractivity contribution in [2.75, 3.05) is 6.61 Å². The molecule has 1 rings (SSSR count). The number of ether oxygens (including phenoxy) is 1. The highest BCUT2D eigenvalue weighted by Crippen LogP contribution is 2.20. The van der Waals surface area contributed by atoms with Gasteiger partial charge in [0.15, 0.2) is 0 Å². The van der Waals surface area contributed by atoms with Crippen molar-refractivity contribution in [1.82, 2.24) is 0 Å². The highest BCUT2D eigenvalue weighted by atomic mass is 16.5. The van der Waals surface area contributed by atoms with E-state index in [0.29, 0.717) is 0 Å². The van der Waals surface area contributed by atoms with Crippen molar-refractivity contribution in [3.05, 3.63) is 0 Å². The second kappa shape index (κ2) is 3.68. The lowest BCUT2D eigenvalue weighted by Crippen LogP contribution is -2.57. The molecule has 0 aromatic carbocycles. The molecule has 0 aliphatic carbocycles. The van der Waals surface area contributed by atoms with Crippen LogP contribution in [-0.4, -0.2) is 57.6 Å². The van der Waals surface area contributed by atoms with Crippen LogP contribution < -0.4 is 0 Å². The standard InChI is InChI=1S/C7H14O5/c1-3-5(9)7(11)6(10)4(2-8)12-3/h3-11H,2H2,1H3/t3-,4-,5+,6-,7+/m1/s1. The van der Waals surface area contributed by atoms with E-state index < -0.39 is 30.5 Å². The van der Waals surface area contributed by atoms with E-state index in [0.717, 1.165) is 0 Å². The third kappa shape index (κ3) is 1.60. The summed E-state index contributed by atoms with van der Waals surface area (Å²) in [5.41, 5.74) is 0. The van der Waals surface area contributed by atoms with E-state index in [1.807, 2.05) is 0 Å². The molecular weight excluding hydrogens is 164 g/mol. The molecule has 0 radical (unpaired) electrons. The van der Waals surface area contributed by atoms with Crippen LogP contribution in [0.25, 0.3) is 0 Å². The first kappa shape index (κ1) is 9.88. The summed E-state index contributed by atoms with van der Waals surface area (Å²) >= 11 is 0. The van der Waals surface area contributed by atoms with Crippen molar-refractivity contribution in [3.8, 4) is 0 Å². The van der Waals surface area contributed by atoms with Crippen molar-refractivity contribution in [2.45, 2.75) is 37.4 Å². The maximum absolute atomic E-state index is 9.23. The molecule has 0 spiro atoms. The van der Waals surface area contributed by atoms with Gasteiger partial charge in [0, 0.05) is 0 Å². The van der Waals surface area contributed by atoms with Gasteiger partial charge >= 0.3 is 0 Å². The maximum Gasteiger partial charge on any atom is 0.111 e. The molecule has 5 atom stereocenters. The number of aliphatic hydroxyl groups excluding tert-OH is 4. The Hall–Kier alpha value is -0.200.